The van der Waals surface area contributed by atoms with Crippen LogP contribution in [0.4, 0.5) is 5.69 Å². The molecule has 0 N–H and O–H groups in total. The Balaban J connectivity index is 2.00. The molecule has 1 atom stereocenters. The molecule has 3 rings (SSSR count). The van der Waals surface area contributed by atoms with Crippen molar-refractivity contribution in [2.45, 2.75) is 19.9 Å². The van der Waals surface area contributed by atoms with Crippen LogP contribution in [0.2, 0.25) is 0 Å². The van der Waals surface area contributed by atoms with Gasteiger partial charge in [0.05, 0.1) is 13.2 Å². The third kappa shape index (κ3) is 2.98. The molecule has 1 amide bonds. The molecule has 1 saturated heterocycles. The standard InChI is InChI=1S/C21H21NO2/c1-15(2)9-14-19-20(16-7-5-4-6-8-16)22(21(19)23)17-10-12-18(24-3)13-11-17/h4-14,20H,1-3H3/b19-14-. The Morgan fingerprint density at radius 1 is 1.04 bits per heavy atom. The molecular weight excluding hydrogens is 298 g/mol. The summed E-state index contributed by atoms with van der Waals surface area (Å²) in [4.78, 5) is 14.5. The molecule has 2 aromatic carbocycles. The van der Waals surface area contributed by atoms with Gasteiger partial charge in [-0.15, -0.1) is 0 Å². The third-order valence-corrected chi connectivity index (χ3v) is 4.08. The van der Waals surface area contributed by atoms with E-state index in [4.69, 9.17) is 4.74 Å². The third-order valence-electron chi connectivity index (χ3n) is 4.08. The molecule has 3 nitrogen and oxygen atoms in total. The van der Waals surface area contributed by atoms with Gasteiger partial charge in [-0.1, -0.05) is 48.1 Å². The van der Waals surface area contributed by atoms with E-state index in [0.29, 0.717) is 0 Å². The van der Waals surface area contributed by atoms with Crippen molar-refractivity contribution in [3.63, 3.8) is 0 Å². The average Bonchev–Trinajstić information content (AvgIpc) is 2.60. The summed E-state index contributed by atoms with van der Waals surface area (Å²) in [5.74, 6) is 0.829. The van der Waals surface area contributed by atoms with Crippen LogP contribution in [0.15, 0.2) is 77.9 Å². The fourth-order valence-electron chi connectivity index (χ4n) is 2.84. The molecule has 1 aliphatic heterocycles. The maximum absolute atomic E-state index is 12.7. The summed E-state index contributed by atoms with van der Waals surface area (Å²) in [5.41, 5.74) is 3.98. The Morgan fingerprint density at radius 3 is 2.29 bits per heavy atom. The molecule has 3 heteroatoms. The first kappa shape index (κ1) is 16.1. The second-order valence-electron chi connectivity index (χ2n) is 6.05. The maximum Gasteiger partial charge on any atom is 0.257 e. The molecule has 0 aromatic heterocycles. The van der Waals surface area contributed by atoms with Crippen molar-refractivity contribution in [1.82, 2.24) is 0 Å². The van der Waals surface area contributed by atoms with E-state index in [1.54, 1.807) is 7.11 Å². The van der Waals surface area contributed by atoms with E-state index < -0.39 is 0 Å². The first-order valence-corrected chi connectivity index (χ1v) is 7.99. The minimum Gasteiger partial charge on any atom is -0.497 e. The lowest BCUT2D eigenvalue weighted by Crippen LogP contribution is -2.49. The zero-order valence-corrected chi connectivity index (χ0v) is 14.2. The molecular formula is C21H21NO2. The zero-order chi connectivity index (χ0) is 17.1. The second kappa shape index (κ2) is 6.75. The summed E-state index contributed by atoms with van der Waals surface area (Å²) in [7, 11) is 1.64. The fourth-order valence-corrected chi connectivity index (χ4v) is 2.84. The molecule has 0 radical (unpaired) electrons. The number of rotatable bonds is 4. The number of ether oxygens (including phenoxy) is 1. The van der Waals surface area contributed by atoms with Gasteiger partial charge in [0.1, 0.15) is 5.75 Å². The largest absolute Gasteiger partial charge is 0.497 e. The number of hydrogen-bond acceptors (Lipinski definition) is 2. The summed E-state index contributed by atoms with van der Waals surface area (Å²) in [5, 5.41) is 0. The van der Waals surface area contributed by atoms with Gasteiger partial charge in [0.25, 0.3) is 5.91 Å². The van der Waals surface area contributed by atoms with E-state index in [1.165, 1.54) is 5.57 Å². The van der Waals surface area contributed by atoms with Gasteiger partial charge < -0.3 is 4.74 Å². The molecule has 1 aliphatic rings. The van der Waals surface area contributed by atoms with Crippen LogP contribution in [0.3, 0.4) is 0 Å². The average molecular weight is 319 g/mol. The van der Waals surface area contributed by atoms with Gasteiger partial charge in [-0.05, 0) is 43.7 Å². The van der Waals surface area contributed by atoms with Crippen LogP contribution >= 0.6 is 0 Å². The number of nitrogens with zero attached hydrogens (tertiary/aromatic N) is 1. The molecule has 0 spiro atoms. The zero-order valence-electron chi connectivity index (χ0n) is 14.2. The summed E-state index contributed by atoms with van der Waals surface area (Å²) in [6.07, 6.45) is 3.93. The molecule has 0 aliphatic carbocycles. The predicted octanol–water partition coefficient (Wildman–Crippen LogP) is 4.68. The van der Waals surface area contributed by atoms with Crippen LogP contribution in [0.5, 0.6) is 5.75 Å². The lowest BCUT2D eigenvalue weighted by Gasteiger charge is -2.43. The van der Waals surface area contributed by atoms with Gasteiger partial charge in [0.15, 0.2) is 0 Å². The highest BCUT2D eigenvalue weighted by Crippen LogP contribution is 2.43. The number of allylic oxidation sites excluding steroid dienone is 3. The second-order valence-corrected chi connectivity index (χ2v) is 6.05. The van der Waals surface area contributed by atoms with E-state index in [2.05, 4.69) is 12.1 Å². The number of hydrogen-bond donors (Lipinski definition) is 0. The lowest BCUT2D eigenvalue weighted by atomic mass is 9.87. The molecule has 1 heterocycles. The van der Waals surface area contributed by atoms with E-state index in [-0.39, 0.29) is 11.9 Å². The highest BCUT2D eigenvalue weighted by Gasteiger charge is 2.43. The molecule has 2 aromatic rings. The Morgan fingerprint density at radius 2 is 1.71 bits per heavy atom. The SMILES string of the molecule is COc1ccc(N2C(=O)/C(=C\C=C(C)C)C2c2ccccc2)cc1. The Hall–Kier alpha value is -2.81. The first-order chi connectivity index (χ1) is 11.6. The molecule has 122 valence electrons. The van der Waals surface area contributed by atoms with Crippen LogP contribution < -0.4 is 9.64 Å². The van der Waals surface area contributed by atoms with Gasteiger partial charge in [0.2, 0.25) is 0 Å². The first-order valence-electron chi connectivity index (χ1n) is 7.99. The van der Waals surface area contributed by atoms with Crippen molar-refractivity contribution < 1.29 is 9.53 Å². The van der Waals surface area contributed by atoms with Crippen molar-refractivity contribution in [2.24, 2.45) is 0 Å². The van der Waals surface area contributed by atoms with Crippen molar-refractivity contribution in [2.75, 3.05) is 12.0 Å². The van der Waals surface area contributed by atoms with Crippen molar-refractivity contribution >= 4 is 11.6 Å². The summed E-state index contributed by atoms with van der Waals surface area (Å²) in [6.45, 7) is 4.05. The Bertz CT molecular complexity index is 784. The van der Waals surface area contributed by atoms with E-state index >= 15 is 0 Å². The van der Waals surface area contributed by atoms with Crippen LogP contribution in [-0.4, -0.2) is 13.0 Å². The van der Waals surface area contributed by atoms with Gasteiger partial charge in [-0.25, -0.2) is 0 Å². The summed E-state index contributed by atoms with van der Waals surface area (Å²) < 4.78 is 5.20. The smallest absolute Gasteiger partial charge is 0.257 e. The number of anilines is 1. The van der Waals surface area contributed by atoms with E-state index in [0.717, 1.165) is 22.6 Å². The van der Waals surface area contributed by atoms with Gasteiger partial charge in [0, 0.05) is 11.3 Å². The van der Waals surface area contributed by atoms with Crippen LogP contribution in [0.1, 0.15) is 25.5 Å². The minimum absolute atomic E-state index is 0.0477. The number of methoxy groups -OCH3 is 1. The highest BCUT2D eigenvalue weighted by atomic mass is 16.5. The number of amides is 1. The predicted molar refractivity (Wildman–Crippen MR) is 97.2 cm³/mol. The van der Waals surface area contributed by atoms with E-state index in [9.17, 15) is 4.79 Å². The van der Waals surface area contributed by atoms with Crippen LogP contribution in [0, 0.1) is 0 Å². The van der Waals surface area contributed by atoms with Gasteiger partial charge in [-0.3, -0.25) is 9.69 Å². The monoisotopic (exact) mass is 319 g/mol. The fraction of sp³-hybridized carbons (Fsp3) is 0.190. The normalized spacial score (nSPS) is 18.3. The van der Waals surface area contributed by atoms with Crippen LogP contribution in [0.25, 0.3) is 0 Å². The molecule has 1 fully saturated rings. The molecule has 0 saturated carbocycles. The van der Waals surface area contributed by atoms with Crippen molar-refractivity contribution in [1.29, 1.82) is 0 Å². The van der Waals surface area contributed by atoms with Gasteiger partial charge in [-0.2, -0.15) is 0 Å². The van der Waals surface area contributed by atoms with Crippen LogP contribution in [-0.2, 0) is 4.79 Å². The van der Waals surface area contributed by atoms with Crippen molar-refractivity contribution in [3.05, 3.63) is 83.5 Å². The molecule has 24 heavy (non-hydrogen) atoms. The maximum atomic E-state index is 12.7. The summed E-state index contributed by atoms with van der Waals surface area (Å²) in [6, 6.07) is 17.7. The number of carbonyl (C=O) groups excluding carboxylic acids is 1. The van der Waals surface area contributed by atoms with Crippen molar-refractivity contribution in [3.8, 4) is 5.75 Å². The number of carbonyl (C=O) groups is 1. The summed E-state index contributed by atoms with van der Waals surface area (Å²) >= 11 is 0. The Kier molecular flexibility index (Phi) is 4.52. The topological polar surface area (TPSA) is 29.5 Å². The molecule has 1 unspecified atom stereocenters. The number of β-lactam (4-membered cyclic amide) rings is 1. The number of benzene rings is 2. The minimum atomic E-state index is -0.0531. The quantitative estimate of drug-likeness (QED) is 0.605. The lowest BCUT2D eigenvalue weighted by molar-refractivity contribution is -0.119. The van der Waals surface area contributed by atoms with E-state index in [1.807, 2.05) is 73.4 Å². The highest BCUT2D eigenvalue weighted by molar-refractivity contribution is 6.15. The molecule has 0 bridgehead atoms. The van der Waals surface area contributed by atoms with Gasteiger partial charge >= 0.3 is 0 Å². The Labute approximate surface area is 142 Å².